The molecule has 0 bridgehead atoms. The smallest absolute Gasteiger partial charge is 0.161 e. The van der Waals surface area contributed by atoms with Crippen LogP contribution in [-0.2, 0) is 0 Å². The summed E-state index contributed by atoms with van der Waals surface area (Å²) in [7, 11) is 4.65. The van der Waals surface area contributed by atoms with Crippen molar-refractivity contribution < 1.29 is 17.6 Å². The lowest BCUT2D eigenvalue weighted by atomic mass is 9.94. The van der Waals surface area contributed by atoms with Crippen molar-refractivity contribution >= 4 is 13.3 Å². The zero-order chi connectivity index (χ0) is 8.59. The highest BCUT2D eigenvalue weighted by atomic mass is 19.2. The Bertz CT molecular complexity index is 271. The maximum atomic E-state index is 12.3. The maximum absolute atomic E-state index is 12.3. The first-order chi connectivity index (χ1) is 5.04. The molecular weight excluding hydrogens is 159 g/mol. The Hall–Kier alpha value is -0.995. The summed E-state index contributed by atoms with van der Waals surface area (Å²) in [5, 5.41) is 0. The van der Waals surface area contributed by atoms with Crippen LogP contribution in [0.4, 0.5) is 17.6 Å². The van der Waals surface area contributed by atoms with Gasteiger partial charge in [-0.15, -0.1) is 0 Å². The van der Waals surface area contributed by atoms with E-state index in [2.05, 4.69) is 7.85 Å². The summed E-state index contributed by atoms with van der Waals surface area (Å²) in [5.41, 5.74) is -1.14. The predicted octanol–water partition coefficient (Wildman–Crippen LogP) is 1.04. The van der Waals surface area contributed by atoms with Gasteiger partial charge < -0.3 is 0 Å². The van der Waals surface area contributed by atoms with Crippen molar-refractivity contribution in [2.75, 3.05) is 0 Å². The fourth-order valence-corrected chi connectivity index (χ4v) is 0.592. The molecule has 0 aliphatic heterocycles. The number of hydrogen-bond acceptors (Lipinski definition) is 0. The van der Waals surface area contributed by atoms with Gasteiger partial charge in [-0.1, -0.05) is 0 Å². The van der Waals surface area contributed by atoms with Gasteiger partial charge in [-0.25, -0.2) is 17.6 Å². The molecule has 5 heteroatoms. The molecule has 0 atom stereocenters. The molecular formula is C6HBF4. The molecule has 0 amide bonds. The number of hydrogen-bond donors (Lipinski definition) is 0. The summed E-state index contributed by atoms with van der Waals surface area (Å²) in [5.74, 6) is -6.13. The lowest BCUT2D eigenvalue weighted by Crippen LogP contribution is -2.17. The van der Waals surface area contributed by atoms with Crippen LogP contribution in [0.25, 0.3) is 0 Å². The molecule has 0 N–H and O–H groups in total. The van der Waals surface area contributed by atoms with Crippen LogP contribution in [0.5, 0.6) is 0 Å². The van der Waals surface area contributed by atoms with Crippen molar-refractivity contribution in [2.45, 2.75) is 0 Å². The molecule has 0 saturated heterocycles. The molecule has 0 nitrogen and oxygen atoms in total. The van der Waals surface area contributed by atoms with Crippen LogP contribution in [0, 0.1) is 23.3 Å². The first kappa shape index (κ1) is 8.10. The molecule has 0 heterocycles. The Morgan fingerprint density at radius 1 is 0.909 bits per heavy atom. The summed E-state index contributed by atoms with van der Waals surface area (Å²) in [6.45, 7) is 0. The number of halogens is 4. The zero-order valence-corrected chi connectivity index (χ0v) is 5.17. The van der Waals surface area contributed by atoms with E-state index >= 15 is 0 Å². The fraction of sp³-hybridized carbons (Fsp3) is 0. The first-order valence-corrected chi connectivity index (χ1v) is 2.62. The van der Waals surface area contributed by atoms with Gasteiger partial charge in [0.1, 0.15) is 7.85 Å². The molecule has 0 fully saturated rings. The standard InChI is InChI=1S/C6HBF4/c7-4-5(10)2(8)1-3(9)6(4)11/h1H. The van der Waals surface area contributed by atoms with Crippen LogP contribution in [0.1, 0.15) is 0 Å². The average molecular weight is 160 g/mol. The summed E-state index contributed by atoms with van der Waals surface area (Å²) in [6, 6.07) is 0.0982. The molecule has 1 aromatic rings. The van der Waals surface area contributed by atoms with Gasteiger partial charge in [0, 0.05) is 6.07 Å². The Balaban J connectivity index is 3.46. The second-order valence-corrected chi connectivity index (χ2v) is 1.88. The third-order valence-corrected chi connectivity index (χ3v) is 1.15. The van der Waals surface area contributed by atoms with E-state index in [1.807, 2.05) is 0 Å². The van der Waals surface area contributed by atoms with Gasteiger partial charge >= 0.3 is 0 Å². The summed E-state index contributed by atoms with van der Waals surface area (Å²) in [4.78, 5) is 0. The highest BCUT2D eigenvalue weighted by Gasteiger charge is 2.13. The van der Waals surface area contributed by atoms with E-state index < -0.39 is 28.7 Å². The third kappa shape index (κ3) is 1.22. The van der Waals surface area contributed by atoms with Crippen LogP contribution in [0.15, 0.2) is 6.07 Å². The molecule has 0 aliphatic rings. The monoisotopic (exact) mass is 160 g/mol. The van der Waals surface area contributed by atoms with Gasteiger partial charge in [-0.05, 0) is 5.46 Å². The van der Waals surface area contributed by atoms with Crippen LogP contribution in [0.3, 0.4) is 0 Å². The molecule has 1 aromatic carbocycles. The van der Waals surface area contributed by atoms with Gasteiger partial charge in [-0.2, -0.15) is 0 Å². The lowest BCUT2D eigenvalue weighted by molar-refractivity contribution is 0.463. The highest BCUT2D eigenvalue weighted by Crippen LogP contribution is 2.08. The molecule has 56 valence electrons. The van der Waals surface area contributed by atoms with E-state index in [0.717, 1.165) is 0 Å². The van der Waals surface area contributed by atoms with Gasteiger partial charge in [0.15, 0.2) is 23.3 Å². The van der Waals surface area contributed by atoms with Crippen molar-refractivity contribution in [1.29, 1.82) is 0 Å². The van der Waals surface area contributed by atoms with Crippen molar-refractivity contribution in [3.05, 3.63) is 29.3 Å². The van der Waals surface area contributed by atoms with Crippen molar-refractivity contribution in [1.82, 2.24) is 0 Å². The summed E-state index contributed by atoms with van der Waals surface area (Å²) < 4.78 is 48.8. The Morgan fingerprint density at radius 2 is 1.27 bits per heavy atom. The third-order valence-electron chi connectivity index (χ3n) is 1.15. The quantitative estimate of drug-likeness (QED) is 0.302. The van der Waals surface area contributed by atoms with E-state index in [1.54, 1.807) is 0 Å². The molecule has 0 spiro atoms. The number of rotatable bonds is 0. The van der Waals surface area contributed by atoms with Crippen LogP contribution in [-0.4, -0.2) is 7.85 Å². The number of benzene rings is 1. The molecule has 1 rings (SSSR count). The zero-order valence-electron chi connectivity index (χ0n) is 5.17. The lowest BCUT2D eigenvalue weighted by Gasteiger charge is -2.00. The second-order valence-electron chi connectivity index (χ2n) is 1.88. The van der Waals surface area contributed by atoms with Crippen molar-refractivity contribution in [2.24, 2.45) is 0 Å². The van der Waals surface area contributed by atoms with E-state index in [4.69, 9.17) is 0 Å². The van der Waals surface area contributed by atoms with Crippen LogP contribution >= 0.6 is 0 Å². The SMILES string of the molecule is [B]c1c(F)c(F)cc(F)c1F. The minimum absolute atomic E-state index is 0.0982. The molecule has 0 unspecified atom stereocenters. The van der Waals surface area contributed by atoms with Gasteiger partial charge in [0.25, 0.3) is 0 Å². The van der Waals surface area contributed by atoms with Gasteiger partial charge in [0.2, 0.25) is 0 Å². The Kier molecular flexibility index (Phi) is 1.89. The molecule has 0 aliphatic carbocycles. The minimum atomic E-state index is -1.57. The fourth-order valence-electron chi connectivity index (χ4n) is 0.592. The topological polar surface area (TPSA) is 0 Å². The predicted molar refractivity (Wildman–Crippen MR) is 31.7 cm³/mol. The average Bonchev–Trinajstić information content (AvgIpc) is 1.97. The minimum Gasteiger partial charge on any atom is -0.204 e. The van der Waals surface area contributed by atoms with E-state index in [9.17, 15) is 17.6 Å². The maximum Gasteiger partial charge on any atom is 0.161 e. The molecule has 11 heavy (non-hydrogen) atoms. The van der Waals surface area contributed by atoms with Crippen LogP contribution < -0.4 is 5.46 Å². The highest BCUT2D eigenvalue weighted by molar-refractivity contribution is 6.32. The normalized spacial score (nSPS) is 10.2. The second kappa shape index (κ2) is 2.56. The van der Waals surface area contributed by atoms with Crippen molar-refractivity contribution in [3.8, 4) is 0 Å². The summed E-state index contributed by atoms with van der Waals surface area (Å²) >= 11 is 0. The summed E-state index contributed by atoms with van der Waals surface area (Å²) in [6.07, 6.45) is 0. The van der Waals surface area contributed by atoms with Gasteiger partial charge in [0.05, 0.1) is 0 Å². The van der Waals surface area contributed by atoms with E-state index in [-0.39, 0.29) is 6.07 Å². The molecule has 0 aromatic heterocycles. The van der Waals surface area contributed by atoms with Gasteiger partial charge in [-0.3, -0.25) is 0 Å². The van der Waals surface area contributed by atoms with E-state index in [1.165, 1.54) is 0 Å². The largest absolute Gasteiger partial charge is 0.204 e. The Morgan fingerprint density at radius 3 is 1.64 bits per heavy atom. The molecule has 0 saturated carbocycles. The van der Waals surface area contributed by atoms with Crippen molar-refractivity contribution in [3.63, 3.8) is 0 Å². The van der Waals surface area contributed by atoms with Crippen LogP contribution in [0.2, 0.25) is 0 Å². The first-order valence-electron chi connectivity index (χ1n) is 2.62. The Labute approximate surface area is 61.2 Å². The van der Waals surface area contributed by atoms with E-state index in [0.29, 0.717) is 0 Å². The molecule has 2 radical (unpaired) electrons.